The molecule has 2 aromatic carbocycles. The summed E-state index contributed by atoms with van der Waals surface area (Å²) >= 11 is 0. The van der Waals surface area contributed by atoms with E-state index in [-0.39, 0.29) is 0 Å². The molecule has 0 unspecified atom stereocenters. The zero-order valence-corrected chi connectivity index (χ0v) is 14.6. The fraction of sp³-hybridized carbons (Fsp3) is 0.167. The molecule has 2 N–H and O–H groups in total. The second-order valence-corrected chi connectivity index (χ2v) is 4.97. The molecule has 0 fully saturated rings. The zero-order valence-electron chi connectivity index (χ0n) is 14.6. The summed E-state index contributed by atoms with van der Waals surface area (Å²) in [6.07, 6.45) is 1.39. The van der Waals surface area contributed by atoms with Gasteiger partial charge in [0.15, 0.2) is 11.5 Å². The summed E-state index contributed by atoms with van der Waals surface area (Å²) < 4.78 is 15.4. The maximum Gasteiger partial charge on any atom is 0.329 e. The fourth-order valence-electron chi connectivity index (χ4n) is 2.08. The number of para-hydroxylation sites is 2. The fourth-order valence-corrected chi connectivity index (χ4v) is 2.08. The number of hydrogen-bond donors (Lipinski definition) is 2. The van der Waals surface area contributed by atoms with Crippen molar-refractivity contribution in [2.45, 2.75) is 0 Å². The van der Waals surface area contributed by atoms with E-state index in [4.69, 9.17) is 14.2 Å². The average Bonchev–Trinajstić information content (AvgIpc) is 2.68. The molecule has 0 aliphatic rings. The smallest absolute Gasteiger partial charge is 0.329 e. The lowest BCUT2D eigenvalue weighted by atomic mass is 10.2. The van der Waals surface area contributed by atoms with Crippen molar-refractivity contribution in [2.24, 2.45) is 5.10 Å². The summed E-state index contributed by atoms with van der Waals surface area (Å²) in [6.45, 7) is 0. The molecule has 8 nitrogen and oxygen atoms in total. The number of ether oxygens (including phenoxy) is 3. The Labute approximate surface area is 150 Å². The van der Waals surface area contributed by atoms with Crippen molar-refractivity contribution in [3.63, 3.8) is 0 Å². The molecule has 26 heavy (non-hydrogen) atoms. The Morgan fingerprint density at radius 1 is 0.885 bits per heavy atom. The molecule has 0 bridgehead atoms. The number of nitrogens with one attached hydrogen (secondary N) is 2. The van der Waals surface area contributed by atoms with Crippen LogP contribution in [0.25, 0.3) is 0 Å². The van der Waals surface area contributed by atoms with Crippen LogP contribution in [0.4, 0.5) is 5.69 Å². The Kier molecular flexibility index (Phi) is 6.55. The monoisotopic (exact) mass is 357 g/mol. The van der Waals surface area contributed by atoms with Gasteiger partial charge < -0.3 is 19.5 Å². The van der Waals surface area contributed by atoms with Gasteiger partial charge in [-0.1, -0.05) is 12.1 Å². The molecule has 0 spiro atoms. The molecule has 0 atom stereocenters. The molecular weight excluding hydrogens is 338 g/mol. The minimum atomic E-state index is -0.910. The van der Waals surface area contributed by atoms with Crippen LogP contribution in [-0.2, 0) is 9.59 Å². The van der Waals surface area contributed by atoms with Crippen LogP contribution in [0.15, 0.2) is 47.6 Å². The molecular formula is C18H19N3O5. The largest absolute Gasteiger partial charge is 0.495 e. The van der Waals surface area contributed by atoms with E-state index >= 15 is 0 Å². The van der Waals surface area contributed by atoms with Gasteiger partial charge in [0, 0.05) is 0 Å². The predicted octanol–water partition coefficient (Wildman–Crippen LogP) is 1.80. The second-order valence-electron chi connectivity index (χ2n) is 4.97. The first kappa shape index (κ1) is 18.8. The van der Waals surface area contributed by atoms with Gasteiger partial charge >= 0.3 is 11.8 Å². The third-order valence-electron chi connectivity index (χ3n) is 3.35. The van der Waals surface area contributed by atoms with Gasteiger partial charge in [-0.05, 0) is 35.9 Å². The maximum atomic E-state index is 11.9. The molecule has 2 rings (SSSR count). The van der Waals surface area contributed by atoms with Gasteiger partial charge in [0.1, 0.15) is 5.75 Å². The van der Waals surface area contributed by atoms with Gasteiger partial charge in [-0.25, -0.2) is 5.43 Å². The van der Waals surface area contributed by atoms with Gasteiger partial charge in [-0.15, -0.1) is 0 Å². The van der Waals surface area contributed by atoms with Gasteiger partial charge in [-0.2, -0.15) is 5.10 Å². The van der Waals surface area contributed by atoms with E-state index in [1.807, 2.05) is 0 Å². The third kappa shape index (κ3) is 4.73. The summed E-state index contributed by atoms with van der Waals surface area (Å²) in [6, 6.07) is 11.9. The predicted molar refractivity (Wildman–Crippen MR) is 96.9 cm³/mol. The lowest BCUT2D eigenvalue weighted by Gasteiger charge is -2.08. The Bertz CT molecular complexity index is 820. The molecule has 136 valence electrons. The third-order valence-corrected chi connectivity index (χ3v) is 3.35. The molecule has 0 heterocycles. The van der Waals surface area contributed by atoms with Crippen LogP contribution in [0.3, 0.4) is 0 Å². The number of nitrogens with zero attached hydrogens (tertiary/aromatic N) is 1. The standard InChI is InChI=1S/C18H19N3O5/c1-24-14-7-5-4-6-13(14)20-17(22)18(23)21-19-11-12-8-9-15(25-2)16(10-12)26-3/h4-11H,1-3H3,(H,20,22)(H,21,23). The van der Waals surface area contributed by atoms with Gasteiger partial charge in [0.05, 0.1) is 33.2 Å². The lowest BCUT2D eigenvalue weighted by molar-refractivity contribution is -0.136. The van der Waals surface area contributed by atoms with Crippen LogP contribution >= 0.6 is 0 Å². The number of anilines is 1. The van der Waals surface area contributed by atoms with Crippen molar-refractivity contribution in [3.05, 3.63) is 48.0 Å². The van der Waals surface area contributed by atoms with Gasteiger partial charge in [-0.3, -0.25) is 9.59 Å². The highest BCUT2D eigenvalue weighted by atomic mass is 16.5. The number of benzene rings is 2. The molecule has 0 aliphatic carbocycles. The van der Waals surface area contributed by atoms with Crippen molar-refractivity contribution >= 4 is 23.7 Å². The van der Waals surface area contributed by atoms with Crippen LogP contribution < -0.4 is 25.0 Å². The molecule has 8 heteroatoms. The number of amides is 2. The van der Waals surface area contributed by atoms with Crippen molar-refractivity contribution in [1.29, 1.82) is 0 Å². The topological polar surface area (TPSA) is 98.2 Å². The number of methoxy groups -OCH3 is 3. The van der Waals surface area contributed by atoms with E-state index in [0.29, 0.717) is 28.5 Å². The summed E-state index contributed by atoms with van der Waals surface area (Å²) in [5.74, 6) is -0.226. The van der Waals surface area contributed by atoms with E-state index in [0.717, 1.165) is 0 Å². The number of carbonyl (C=O) groups excluding carboxylic acids is 2. The zero-order chi connectivity index (χ0) is 18.9. The SMILES string of the molecule is COc1ccccc1NC(=O)C(=O)NN=Cc1ccc(OC)c(OC)c1. The van der Waals surface area contributed by atoms with Crippen LogP contribution in [0.1, 0.15) is 5.56 Å². The quantitative estimate of drug-likeness (QED) is 0.467. The first-order valence-electron chi connectivity index (χ1n) is 7.58. The van der Waals surface area contributed by atoms with Crippen LogP contribution in [0, 0.1) is 0 Å². The second kappa shape index (κ2) is 9.07. The van der Waals surface area contributed by atoms with Crippen molar-refractivity contribution in [3.8, 4) is 17.2 Å². The van der Waals surface area contributed by atoms with E-state index in [1.54, 1.807) is 42.5 Å². The molecule has 0 saturated heterocycles. The number of rotatable bonds is 6. The van der Waals surface area contributed by atoms with E-state index in [9.17, 15) is 9.59 Å². The number of hydrogen-bond acceptors (Lipinski definition) is 6. The number of hydrazone groups is 1. The highest BCUT2D eigenvalue weighted by Crippen LogP contribution is 2.26. The van der Waals surface area contributed by atoms with Crippen LogP contribution in [-0.4, -0.2) is 39.4 Å². The van der Waals surface area contributed by atoms with E-state index < -0.39 is 11.8 Å². The normalized spacial score (nSPS) is 10.3. The maximum absolute atomic E-state index is 11.9. The van der Waals surface area contributed by atoms with E-state index in [2.05, 4.69) is 15.8 Å². The van der Waals surface area contributed by atoms with Crippen LogP contribution in [0.2, 0.25) is 0 Å². The highest BCUT2D eigenvalue weighted by molar-refractivity contribution is 6.39. The Hall–Kier alpha value is -3.55. The first-order chi connectivity index (χ1) is 12.6. The minimum absolute atomic E-state index is 0.388. The van der Waals surface area contributed by atoms with Gasteiger partial charge in [0.25, 0.3) is 0 Å². The van der Waals surface area contributed by atoms with Crippen LogP contribution in [0.5, 0.6) is 17.2 Å². The molecule has 2 amide bonds. The Morgan fingerprint density at radius 3 is 2.27 bits per heavy atom. The van der Waals surface area contributed by atoms with Crippen molar-refractivity contribution in [1.82, 2.24) is 5.43 Å². The molecule has 0 aromatic heterocycles. The van der Waals surface area contributed by atoms with Crippen molar-refractivity contribution in [2.75, 3.05) is 26.6 Å². The Morgan fingerprint density at radius 2 is 1.58 bits per heavy atom. The molecule has 0 aliphatic heterocycles. The average molecular weight is 357 g/mol. The lowest BCUT2D eigenvalue weighted by Crippen LogP contribution is -2.32. The number of carbonyl (C=O) groups is 2. The summed E-state index contributed by atoms with van der Waals surface area (Å²) in [4.78, 5) is 23.8. The van der Waals surface area contributed by atoms with Crippen molar-refractivity contribution < 1.29 is 23.8 Å². The molecule has 0 radical (unpaired) electrons. The minimum Gasteiger partial charge on any atom is -0.495 e. The molecule has 0 saturated carbocycles. The van der Waals surface area contributed by atoms with Gasteiger partial charge in [0.2, 0.25) is 0 Å². The molecule has 2 aromatic rings. The first-order valence-corrected chi connectivity index (χ1v) is 7.58. The van der Waals surface area contributed by atoms with E-state index in [1.165, 1.54) is 27.5 Å². The highest BCUT2D eigenvalue weighted by Gasteiger charge is 2.14. The summed E-state index contributed by atoms with van der Waals surface area (Å²) in [5.41, 5.74) is 3.21. The Balaban J connectivity index is 1.97. The summed E-state index contributed by atoms with van der Waals surface area (Å²) in [5, 5.41) is 6.22. The summed E-state index contributed by atoms with van der Waals surface area (Å²) in [7, 11) is 4.52.